The second-order valence-electron chi connectivity index (χ2n) is 3.28. The van der Waals surface area contributed by atoms with Crippen molar-refractivity contribution < 1.29 is 4.39 Å². The highest BCUT2D eigenvalue weighted by Crippen LogP contribution is 2.28. The normalized spacial score (nSPS) is 15.5. The summed E-state index contributed by atoms with van der Waals surface area (Å²) in [5.41, 5.74) is 6.19. The van der Waals surface area contributed by atoms with Crippen molar-refractivity contribution in [2.75, 3.05) is 0 Å². The Labute approximate surface area is 82.7 Å². The molecular weight excluding hydrogens is 189 g/mol. The molecule has 0 aliphatic heterocycles. The number of nitrogens with two attached hydrogens (primary N) is 1. The van der Waals surface area contributed by atoms with Gasteiger partial charge in [0.05, 0.1) is 0 Å². The van der Waals surface area contributed by atoms with Crippen LogP contribution in [0.5, 0.6) is 0 Å². The van der Waals surface area contributed by atoms with E-state index in [1.165, 1.54) is 6.07 Å². The predicted octanol–water partition coefficient (Wildman–Crippen LogP) is 2.93. The van der Waals surface area contributed by atoms with Gasteiger partial charge in [-0.25, -0.2) is 4.39 Å². The average Bonchev–Trinajstić information content (AvgIpc) is 2.03. The van der Waals surface area contributed by atoms with Crippen molar-refractivity contribution in [3.05, 3.63) is 34.6 Å². The molecule has 1 rings (SSSR count). The second kappa shape index (κ2) is 4.07. The number of rotatable bonds is 2. The van der Waals surface area contributed by atoms with Crippen molar-refractivity contribution in [2.24, 2.45) is 5.73 Å². The molecule has 0 bridgehead atoms. The fourth-order valence-electron chi connectivity index (χ4n) is 1.21. The summed E-state index contributed by atoms with van der Waals surface area (Å²) in [6.07, 6.45) is 0. The Morgan fingerprint density at radius 2 is 2.00 bits per heavy atom. The lowest BCUT2D eigenvalue weighted by Gasteiger charge is -2.17. The first kappa shape index (κ1) is 10.5. The highest BCUT2D eigenvalue weighted by atomic mass is 35.5. The van der Waals surface area contributed by atoms with Crippen molar-refractivity contribution in [1.29, 1.82) is 0 Å². The van der Waals surface area contributed by atoms with Gasteiger partial charge < -0.3 is 5.73 Å². The first-order valence-corrected chi connectivity index (χ1v) is 4.61. The van der Waals surface area contributed by atoms with Gasteiger partial charge >= 0.3 is 0 Å². The summed E-state index contributed by atoms with van der Waals surface area (Å²) in [5, 5.41) is 0.449. The maximum absolute atomic E-state index is 13.3. The van der Waals surface area contributed by atoms with Gasteiger partial charge in [0.2, 0.25) is 0 Å². The van der Waals surface area contributed by atoms with Gasteiger partial charge in [-0.05, 0) is 19.1 Å². The maximum atomic E-state index is 13.3. The molecule has 3 heteroatoms. The standard InChI is InChI=1S/C10H13ClFN/c1-6(7(2)13)10-8(11)4-3-5-9(10)12/h3-7H,13H2,1-2H3. The Hall–Kier alpha value is -0.600. The minimum Gasteiger partial charge on any atom is -0.327 e. The Kier molecular flexibility index (Phi) is 3.28. The van der Waals surface area contributed by atoms with E-state index in [1.807, 2.05) is 13.8 Å². The summed E-state index contributed by atoms with van der Waals surface area (Å²) < 4.78 is 13.3. The van der Waals surface area contributed by atoms with Crippen LogP contribution in [-0.4, -0.2) is 6.04 Å². The van der Waals surface area contributed by atoms with Crippen LogP contribution in [0.25, 0.3) is 0 Å². The molecule has 0 aliphatic rings. The zero-order valence-corrected chi connectivity index (χ0v) is 8.48. The van der Waals surface area contributed by atoms with Crippen molar-refractivity contribution >= 4 is 11.6 Å². The van der Waals surface area contributed by atoms with Crippen LogP contribution >= 0.6 is 11.6 Å². The zero-order valence-electron chi connectivity index (χ0n) is 7.72. The summed E-state index contributed by atoms with van der Waals surface area (Å²) in [7, 11) is 0. The summed E-state index contributed by atoms with van der Waals surface area (Å²) >= 11 is 5.87. The van der Waals surface area contributed by atoms with E-state index in [1.54, 1.807) is 12.1 Å². The highest BCUT2D eigenvalue weighted by Gasteiger charge is 2.17. The van der Waals surface area contributed by atoms with Gasteiger partial charge in [0.25, 0.3) is 0 Å². The summed E-state index contributed by atoms with van der Waals surface area (Å²) in [5.74, 6) is -0.342. The number of benzene rings is 1. The number of hydrogen-bond donors (Lipinski definition) is 1. The Morgan fingerprint density at radius 1 is 1.38 bits per heavy atom. The molecule has 13 heavy (non-hydrogen) atoms. The van der Waals surface area contributed by atoms with Crippen molar-refractivity contribution in [2.45, 2.75) is 25.8 Å². The zero-order chi connectivity index (χ0) is 10.0. The van der Waals surface area contributed by atoms with Gasteiger partial charge in [-0.2, -0.15) is 0 Å². The molecule has 0 fully saturated rings. The third-order valence-corrected chi connectivity index (χ3v) is 2.57. The number of halogens is 2. The lowest BCUT2D eigenvalue weighted by atomic mass is 9.94. The summed E-state index contributed by atoms with van der Waals surface area (Å²) in [6.45, 7) is 3.71. The Bertz CT molecular complexity index is 279. The van der Waals surface area contributed by atoms with Crippen LogP contribution in [0, 0.1) is 5.82 Å². The average molecular weight is 202 g/mol. The molecule has 72 valence electrons. The van der Waals surface area contributed by atoms with E-state index in [9.17, 15) is 4.39 Å². The molecule has 0 saturated carbocycles. The third kappa shape index (κ3) is 2.20. The molecule has 1 aromatic carbocycles. The van der Waals surface area contributed by atoms with Crippen LogP contribution < -0.4 is 5.73 Å². The molecule has 0 spiro atoms. The third-order valence-electron chi connectivity index (χ3n) is 2.24. The van der Waals surface area contributed by atoms with Crippen LogP contribution in [0.15, 0.2) is 18.2 Å². The number of hydrogen-bond acceptors (Lipinski definition) is 1. The molecule has 2 atom stereocenters. The van der Waals surface area contributed by atoms with Crippen LogP contribution in [-0.2, 0) is 0 Å². The largest absolute Gasteiger partial charge is 0.327 e. The molecule has 0 amide bonds. The maximum Gasteiger partial charge on any atom is 0.128 e. The molecule has 1 aromatic rings. The van der Waals surface area contributed by atoms with Gasteiger partial charge in [-0.3, -0.25) is 0 Å². The summed E-state index contributed by atoms with van der Waals surface area (Å²) in [4.78, 5) is 0. The topological polar surface area (TPSA) is 26.0 Å². The highest BCUT2D eigenvalue weighted by molar-refractivity contribution is 6.31. The van der Waals surface area contributed by atoms with Gasteiger partial charge in [0.1, 0.15) is 5.82 Å². The quantitative estimate of drug-likeness (QED) is 0.783. The van der Waals surface area contributed by atoms with Crippen molar-refractivity contribution in [1.82, 2.24) is 0 Å². The molecule has 2 N–H and O–H groups in total. The molecule has 2 unspecified atom stereocenters. The summed E-state index contributed by atoms with van der Waals surface area (Å²) in [6, 6.07) is 4.57. The molecule has 1 nitrogen and oxygen atoms in total. The smallest absolute Gasteiger partial charge is 0.128 e. The monoisotopic (exact) mass is 201 g/mol. The molecule has 0 saturated heterocycles. The van der Waals surface area contributed by atoms with Crippen LogP contribution in [0.3, 0.4) is 0 Å². The molecule has 0 aromatic heterocycles. The van der Waals surface area contributed by atoms with Gasteiger partial charge in [0, 0.05) is 22.5 Å². The fourth-order valence-corrected chi connectivity index (χ4v) is 1.54. The lowest BCUT2D eigenvalue weighted by molar-refractivity contribution is 0.550. The second-order valence-corrected chi connectivity index (χ2v) is 3.69. The predicted molar refractivity (Wildman–Crippen MR) is 53.5 cm³/mol. The van der Waals surface area contributed by atoms with Crippen LogP contribution in [0.4, 0.5) is 4.39 Å². The van der Waals surface area contributed by atoms with Gasteiger partial charge in [-0.15, -0.1) is 0 Å². The van der Waals surface area contributed by atoms with Crippen LogP contribution in [0.2, 0.25) is 5.02 Å². The molecular formula is C10H13ClFN. The first-order valence-electron chi connectivity index (χ1n) is 4.23. The van der Waals surface area contributed by atoms with Gasteiger partial charge in [0.15, 0.2) is 0 Å². The van der Waals surface area contributed by atoms with Crippen LogP contribution in [0.1, 0.15) is 25.3 Å². The van der Waals surface area contributed by atoms with Crippen molar-refractivity contribution in [3.8, 4) is 0 Å². The minimum atomic E-state index is -0.280. The molecule has 0 radical (unpaired) electrons. The van der Waals surface area contributed by atoms with E-state index < -0.39 is 0 Å². The first-order chi connectivity index (χ1) is 6.04. The lowest BCUT2D eigenvalue weighted by Crippen LogP contribution is -2.23. The Morgan fingerprint density at radius 3 is 2.46 bits per heavy atom. The fraction of sp³-hybridized carbons (Fsp3) is 0.400. The molecule has 0 aliphatic carbocycles. The SMILES string of the molecule is CC(N)C(C)c1c(F)cccc1Cl. The van der Waals surface area contributed by atoms with E-state index in [4.69, 9.17) is 17.3 Å². The van der Waals surface area contributed by atoms with E-state index in [2.05, 4.69) is 0 Å². The van der Waals surface area contributed by atoms with E-state index in [0.717, 1.165) is 0 Å². The van der Waals surface area contributed by atoms with Crippen molar-refractivity contribution in [3.63, 3.8) is 0 Å². The minimum absolute atomic E-state index is 0.0614. The van der Waals surface area contributed by atoms with E-state index in [0.29, 0.717) is 10.6 Å². The van der Waals surface area contributed by atoms with E-state index in [-0.39, 0.29) is 17.8 Å². The molecule has 0 heterocycles. The van der Waals surface area contributed by atoms with E-state index >= 15 is 0 Å². The van der Waals surface area contributed by atoms with Gasteiger partial charge in [-0.1, -0.05) is 24.6 Å². The Balaban J connectivity index is 3.12.